The van der Waals surface area contributed by atoms with E-state index < -0.39 is 12.1 Å². The van der Waals surface area contributed by atoms with Crippen LogP contribution in [0.5, 0.6) is 0 Å². The highest BCUT2D eigenvalue weighted by atomic mass is 16.6. The number of esters is 1. The summed E-state index contributed by atoms with van der Waals surface area (Å²) in [7, 11) is 0. The molecule has 1 atom stereocenters. The first-order valence-corrected chi connectivity index (χ1v) is 4.43. The third kappa shape index (κ3) is 4.77. The highest BCUT2D eigenvalue weighted by Gasteiger charge is 2.16. The van der Waals surface area contributed by atoms with E-state index in [0.29, 0.717) is 12.2 Å². The summed E-state index contributed by atoms with van der Waals surface area (Å²) in [4.78, 5) is 22.0. The van der Waals surface area contributed by atoms with Crippen molar-refractivity contribution in [1.29, 1.82) is 0 Å². The Labute approximate surface area is 83.9 Å². The largest absolute Gasteiger partial charge is 0.459 e. The van der Waals surface area contributed by atoms with Gasteiger partial charge in [0.25, 0.3) is 0 Å². The van der Waals surface area contributed by atoms with Crippen molar-refractivity contribution in [1.82, 2.24) is 0 Å². The highest BCUT2D eigenvalue weighted by Crippen LogP contribution is 1.98. The molecule has 0 heterocycles. The van der Waals surface area contributed by atoms with E-state index in [-0.39, 0.29) is 12.4 Å². The predicted octanol–water partition coefficient (Wildman–Crippen LogP) is 1.10. The highest BCUT2D eigenvalue weighted by molar-refractivity contribution is 5.87. The summed E-state index contributed by atoms with van der Waals surface area (Å²) < 4.78 is 9.87. The van der Waals surface area contributed by atoms with Gasteiger partial charge in [0.2, 0.25) is 0 Å². The van der Waals surface area contributed by atoms with Crippen LogP contribution in [0.4, 0.5) is 0 Å². The van der Waals surface area contributed by atoms with Crippen LogP contribution in [0.15, 0.2) is 12.2 Å². The van der Waals surface area contributed by atoms with Crippen LogP contribution in [0.1, 0.15) is 20.8 Å². The summed E-state index contributed by atoms with van der Waals surface area (Å²) in [5.74, 6) is -0.655. The Morgan fingerprint density at radius 3 is 2.29 bits per heavy atom. The molecule has 0 N–H and O–H groups in total. The van der Waals surface area contributed by atoms with E-state index >= 15 is 0 Å². The van der Waals surface area contributed by atoms with Crippen LogP contribution in [0.2, 0.25) is 0 Å². The van der Waals surface area contributed by atoms with Gasteiger partial charge in [-0.3, -0.25) is 4.79 Å². The summed E-state index contributed by atoms with van der Waals surface area (Å²) in [5, 5.41) is 0. The molecule has 0 aliphatic carbocycles. The molecule has 4 heteroatoms. The lowest BCUT2D eigenvalue weighted by molar-refractivity contribution is -0.146. The second-order valence-electron chi connectivity index (χ2n) is 2.93. The molecule has 0 aliphatic rings. The second kappa shape index (κ2) is 6.32. The van der Waals surface area contributed by atoms with Gasteiger partial charge in [0, 0.05) is 12.2 Å². The summed E-state index contributed by atoms with van der Waals surface area (Å²) in [5.41, 5.74) is 0.309. The maximum Gasteiger partial charge on any atom is 0.333 e. The zero-order valence-electron chi connectivity index (χ0n) is 8.83. The first kappa shape index (κ1) is 12.8. The Bertz CT molecular complexity index is 232. The number of ether oxygens (including phenoxy) is 2. The molecule has 0 amide bonds. The molecule has 0 bridgehead atoms. The van der Waals surface area contributed by atoms with E-state index in [1.165, 1.54) is 6.92 Å². The molecule has 0 aromatic heterocycles. The molecule has 0 rings (SSSR count). The summed E-state index contributed by atoms with van der Waals surface area (Å²) in [6.07, 6.45) is -0.664. The zero-order valence-corrected chi connectivity index (χ0v) is 8.83. The number of hydrogen-bond donors (Lipinski definition) is 0. The monoisotopic (exact) mass is 200 g/mol. The van der Waals surface area contributed by atoms with E-state index in [4.69, 9.17) is 9.47 Å². The molecule has 0 saturated heterocycles. The van der Waals surface area contributed by atoms with Crippen LogP contribution in [-0.4, -0.2) is 31.1 Å². The quantitative estimate of drug-likeness (QED) is 0.476. The van der Waals surface area contributed by atoms with Gasteiger partial charge in [-0.1, -0.05) is 6.58 Å². The number of carbonyl (C=O) groups excluding carboxylic acids is 2. The van der Waals surface area contributed by atoms with Crippen LogP contribution in [0.3, 0.4) is 0 Å². The number of hydrogen-bond acceptors (Lipinski definition) is 4. The van der Waals surface area contributed by atoms with Crippen LogP contribution in [0, 0.1) is 0 Å². The lowest BCUT2D eigenvalue weighted by Gasteiger charge is -2.13. The maximum absolute atomic E-state index is 11.0. The normalized spacial score (nSPS) is 11.9. The molecule has 0 fully saturated rings. The molecule has 0 spiro atoms. The van der Waals surface area contributed by atoms with Crippen molar-refractivity contribution in [3.8, 4) is 0 Å². The Morgan fingerprint density at radius 1 is 1.36 bits per heavy atom. The van der Waals surface area contributed by atoms with E-state index in [1.807, 2.05) is 0 Å². The molecule has 1 unspecified atom stereocenters. The molecule has 0 aromatic carbocycles. The molecule has 0 aliphatic heterocycles. The number of carbonyl (C=O) groups is 2. The van der Waals surface area contributed by atoms with Gasteiger partial charge in [0.1, 0.15) is 12.7 Å². The van der Waals surface area contributed by atoms with Gasteiger partial charge in [-0.2, -0.15) is 0 Å². The van der Waals surface area contributed by atoms with E-state index in [2.05, 4.69) is 6.58 Å². The number of ketones is 1. The first-order chi connectivity index (χ1) is 6.49. The smallest absolute Gasteiger partial charge is 0.333 e. The molecule has 0 saturated carbocycles. The fourth-order valence-corrected chi connectivity index (χ4v) is 0.759. The minimum Gasteiger partial charge on any atom is -0.459 e. The van der Waals surface area contributed by atoms with Gasteiger partial charge in [-0.15, -0.1) is 0 Å². The Kier molecular flexibility index (Phi) is 5.79. The van der Waals surface area contributed by atoms with Gasteiger partial charge < -0.3 is 9.47 Å². The third-order valence-corrected chi connectivity index (χ3v) is 1.54. The van der Waals surface area contributed by atoms with Gasteiger partial charge in [-0.25, -0.2) is 4.79 Å². The number of Topliss-reactive ketones (excluding diaryl/α,β-unsaturated/α-hetero) is 1. The van der Waals surface area contributed by atoms with Crippen LogP contribution in [-0.2, 0) is 19.1 Å². The Morgan fingerprint density at radius 2 is 1.93 bits per heavy atom. The van der Waals surface area contributed by atoms with Crippen molar-refractivity contribution < 1.29 is 19.1 Å². The molecule has 4 nitrogen and oxygen atoms in total. The summed E-state index contributed by atoms with van der Waals surface area (Å²) in [6.45, 7) is 8.51. The zero-order chi connectivity index (χ0) is 11.1. The summed E-state index contributed by atoms with van der Waals surface area (Å²) in [6, 6.07) is 0. The molecular weight excluding hydrogens is 184 g/mol. The van der Waals surface area contributed by atoms with E-state index in [0.717, 1.165) is 0 Å². The predicted molar refractivity (Wildman–Crippen MR) is 51.9 cm³/mol. The molecule has 80 valence electrons. The van der Waals surface area contributed by atoms with Crippen molar-refractivity contribution in [3.63, 3.8) is 0 Å². The lowest BCUT2D eigenvalue weighted by Crippen LogP contribution is -2.29. The maximum atomic E-state index is 11.0. The van der Waals surface area contributed by atoms with E-state index in [1.54, 1.807) is 13.8 Å². The minimum atomic E-state index is -0.664. The van der Waals surface area contributed by atoms with Gasteiger partial charge in [0.15, 0.2) is 5.78 Å². The van der Waals surface area contributed by atoms with E-state index in [9.17, 15) is 9.59 Å². The van der Waals surface area contributed by atoms with Crippen molar-refractivity contribution in [2.75, 3.05) is 13.2 Å². The van der Waals surface area contributed by atoms with Gasteiger partial charge >= 0.3 is 5.97 Å². The fourth-order valence-electron chi connectivity index (χ4n) is 0.759. The van der Waals surface area contributed by atoms with Gasteiger partial charge in [0.05, 0.1) is 0 Å². The van der Waals surface area contributed by atoms with Crippen molar-refractivity contribution in [3.05, 3.63) is 12.2 Å². The average molecular weight is 200 g/mol. The standard InChI is InChI=1S/C10H16O4/c1-5-13-9(8(4)11)6-14-10(12)7(2)3/h9H,2,5-6H2,1,3-4H3. The Balaban J connectivity index is 4.00. The molecule has 0 aromatic rings. The SMILES string of the molecule is C=C(C)C(=O)OCC(OCC)C(C)=O. The van der Waals surface area contributed by atoms with Crippen LogP contribution in [0.25, 0.3) is 0 Å². The fraction of sp³-hybridized carbons (Fsp3) is 0.600. The van der Waals surface area contributed by atoms with Gasteiger partial charge in [-0.05, 0) is 20.8 Å². The lowest BCUT2D eigenvalue weighted by atomic mass is 10.2. The van der Waals surface area contributed by atoms with Crippen molar-refractivity contribution in [2.45, 2.75) is 26.9 Å². The number of rotatable bonds is 6. The average Bonchev–Trinajstić information content (AvgIpc) is 2.10. The summed E-state index contributed by atoms with van der Waals surface area (Å²) >= 11 is 0. The minimum absolute atomic E-state index is 0.0468. The first-order valence-electron chi connectivity index (χ1n) is 4.43. The van der Waals surface area contributed by atoms with Crippen molar-refractivity contribution in [2.24, 2.45) is 0 Å². The molecule has 14 heavy (non-hydrogen) atoms. The van der Waals surface area contributed by atoms with Crippen LogP contribution >= 0.6 is 0 Å². The second-order valence-corrected chi connectivity index (χ2v) is 2.93. The van der Waals surface area contributed by atoms with Crippen molar-refractivity contribution >= 4 is 11.8 Å². The Hall–Kier alpha value is -1.16. The molecular formula is C10H16O4. The molecule has 0 radical (unpaired) electrons. The topological polar surface area (TPSA) is 52.6 Å². The third-order valence-electron chi connectivity index (χ3n) is 1.54. The van der Waals surface area contributed by atoms with Crippen LogP contribution < -0.4 is 0 Å².